The third-order valence-electron chi connectivity index (χ3n) is 2.88. The number of amides is 1. The molecule has 0 radical (unpaired) electrons. The van der Waals surface area contributed by atoms with Crippen molar-refractivity contribution in [2.75, 3.05) is 26.2 Å². The van der Waals surface area contributed by atoms with Crippen LogP contribution in [-0.2, 0) is 11.3 Å². The molecule has 0 fully saturated rings. The number of carbonyl (C=O) groups is 1. The number of hydrogen-bond acceptors (Lipinski definition) is 3. The molecule has 0 heterocycles. The Bertz CT molecular complexity index is 399. The SMILES string of the molecule is CCN(CCCO)CC(=O)NCc1ccccc1F. The second kappa shape index (κ2) is 8.61. The summed E-state index contributed by atoms with van der Waals surface area (Å²) in [7, 11) is 0. The van der Waals surface area contributed by atoms with Crippen molar-refractivity contribution in [1.82, 2.24) is 10.2 Å². The standard InChI is InChI=1S/C14H21FN2O2/c1-2-17(8-5-9-18)11-14(19)16-10-12-6-3-4-7-13(12)15/h3-4,6-7,18H,2,5,8-11H2,1H3,(H,16,19). The van der Waals surface area contributed by atoms with Crippen LogP contribution < -0.4 is 5.32 Å². The molecule has 0 aliphatic carbocycles. The predicted molar refractivity (Wildman–Crippen MR) is 72.1 cm³/mol. The van der Waals surface area contributed by atoms with Crippen molar-refractivity contribution in [3.63, 3.8) is 0 Å². The summed E-state index contributed by atoms with van der Waals surface area (Å²) < 4.78 is 13.3. The lowest BCUT2D eigenvalue weighted by Gasteiger charge is -2.19. The molecule has 0 atom stereocenters. The highest BCUT2D eigenvalue weighted by Crippen LogP contribution is 2.05. The first-order valence-corrected chi connectivity index (χ1v) is 6.50. The Morgan fingerprint density at radius 2 is 2.16 bits per heavy atom. The molecule has 106 valence electrons. The van der Waals surface area contributed by atoms with E-state index in [2.05, 4.69) is 5.32 Å². The van der Waals surface area contributed by atoms with Gasteiger partial charge in [0.05, 0.1) is 6.54 Å². The largest absolute Gasteiger partial charge is 0.396 e. The Labute approximate surface area is 113 Å². The minimum absolute atomic E-state index is 0.118. The van der Waals surface area contributed by atoms with Crippen LogP contribution in [0, 0.1) is 5.82 Å². The molecule has 5 heteroatoms. The highest BCUT2D eigenvalue weighted by Gasteiger charge is 2.09. The van der Waals surface area contributed by atoms with Gasteiger partial charge in [0.15, 0.2) is 0 Å². The van der Waals surface area contributed by atoms with Crippen LogP contribution in [0.15, 0.2) is 24.3 Å². The fourth-order valence-electron chi connectivity index (χ4n) is 1.74. The number of aliphatic hydroxyl groups is 1. The zero-order chi connectivity index (χ0) is 14.1. The summed E-state index contributed by atoms with van der Waals surface area (Å²) in [6.07, 6.45) is 0.647. The normalized spacial score (nSPS) is 10.7. The highest BCUT2D eigenvalue weighted by molar-refractivity contribution is 5.78. The van der Waals surface area contributed by atoms with Gasteiger partial charge in [-0.15, -0.1) is 0 Å². The summed E-state index contributed by atoms with van der Waals surface area (Å²) in [5.74, 6) is -0.446. The number of likely N-dealkylation sites (N-methyl/N-ethyl adjacent to an activating group) is 1. The molecule has 4 nitrogen and oxygen atoms in total. The molecule has 1 rings (SSSR count). The molecular weight excluding hydrogens is 247 g/mol. The Morgan fingerprint density at radius 1 is 1.42 bits per heavy atom. The summed E-state index contributed by atoms with van der Waals surface area (Å²) in [5, 5.41) is 11.5. The van der Waals surface area contributed by atoms with E-state index >= 15 is 0 Å². The molecule has 0 aliphatic heterocycles. The number of nitrogens with one attached hydrogen (secondary N) is 1. The van der Waals surface area contributed by atoms with E-state index in [1.54, 1.807) is 18.2 Å². The summed E-state index contributed by atoms with van der Waals surface area (Å²) >= 11 is 0. The van der Waals surface area contributed by atoms with Crippen LogP contribution in [0.2, 0.25) is 0 Å². The van der Waals surface area contributed by atoms with Crippen molar-refractivity contribution in [2.45, 2.75) is 19.9 Å². The predicted octanol–water partition coefficient (Wildman–Crippen LogP) is 1.15. The van der Waals surface area contributed by atoms with E-state index in [0.717, 1.165) is 6.54 Å². The maximum absolute atomic E-state index is 13.3. The lowest BCUT2D eigenvalue weighted by Crippen LogP contribution is -2.37. The van der Waals surface area contributed by atoms with Crippen molar-refractivity contribution in [2.24, 2.45) is 0 Å². The quantitative estimate of drug-likeness (QED) is 0.743. The number of aliphatic hydroxyl groups excluding tert-OH is 1. The number of rotatable bonds is 8. The van der Waals surface area contributed by atoms with Crippen LogP contribution in [0.4, 0.5) is 4.39 Å². The monoisotopic (exact) mass is 268 g/mol. The molecule has 0 spiro atoms. The average molecular weight is 268 g/mol. The van der Waals surface area contributed by atoms with Gasteiger partial charge in [-0.25, -0.2) is 4.39 Å². The summed E-state index contributed by atoms with van der Waals surface area (Å²) in [5.41, 5.74) is 0.481. The molecule has 1 amide bonds. The van der Waals surface area contributed by atoms with Crippen LogP contribution in [0.1, 0.15) is 18.9 Å². The number of nitrogens with zero attached hydrogens (tertiary/aromatic N) is 1. The van der Waals surface area contributed by atoms with Gasteiger partial charge < -0.3 is 10.4 Å². The van der Waals surface area contributed by atoms with E-state index in [0.29, 0.717) is 18.5 Å². The maximum atomic E-state index is 13.3. The van der Waals surface area contributed by atoms with E-state index in [9.17, 15) is 9.18 Å². The molecule has 19 heavy (non-hydrogen) atoms. The topological polar surface area (TPSA) is 52.6 Å². The first-order valence-electron chi connectivity index (χ1n) is 6.50. The van der Waals surface area contributed by atoms with Crippen molar-refractivity contribution < 1.29 is 14.3 Å². The molecule has 0 aromatic heterocycles. The molecule has 2 N–H and O–H groups in total. The van der Waals surface area contributed by atoms with E-state index in [4.69, 9.17) is 5.11 Å². The van der Waals surface area contributed by atoms with Gasteiger partial charge in [0.25, 0.3) is 0 Å². The first kappa shape index (κ1) is 15.6. The van der Waals surface area contributed by atoms with Gasteiger partial charge >= 0.3 is 0 Å². The summed E-state index contributed by atoms with van der Waals surface area (Å²) in [6, 6.07) is 6.39. The van der Waals surface area contributed by atoms with Gasteiger partial charge in [-0.3, -0.25) is 9.69 Å². The van der Waals surface area contributed by atoms with E-state index in [1.165, 1.54) is 6.07 Å². The highest BCUT2D eigenvalue weighted by atomic mass is 19.1. The second-order valence-electron chi connectivity index (χ2n) is 4.31. The Balaban J connectivity index is 2.36. The number of carbonyl (C=O) groups excluding carboxylic acids is 1. The second-order valence-corrected chi connectivity index (χ2v) is 4.31. The summed E-state index contributed by atoms with van der Waals surface area (Å²) in [4.78, 5) is 13.7. The minimum atomic E-state index is -0.310. The minimum Gasteiger partial charge on any atom is -0.396 e. The molecule has 0 saturated carbocycles. The smallest absolute Gasteiger partial charge is 0.234 e. The third-order valence-corrected chi connectivity index (χ3v) is 2.88. The van der Waals surface area contributed by atoms with Crippen LogP contribution in [0.25, 0.3) is 0 Å². The molecule has 0 unspecified atom stereocenters. The van der Waals surface area contributed by atoms with E-state index in [1.807, 2.05) is 11.8 Å². The van der Waals surface area contributed by atoms with Crippen LogP contribution in [0.3, 0.4) is 0 Å². The van der Waals surface area contributed by atoms with Crippen molar-refractivity contribution in [1.29, 1.82) is 0 Å². The lowest BCUT2D eigenvalue weighted by atomic mass is 10.2. The molecular formula is C14H21FN2O2. The zero-order valence-corrected chi connectivity index (χ0v) is 11.2. The molecule has 0 saturated heterocycles. The van der Waals surface area contributed by atoms with Crippen molar-refractivity contribution in [3.05, 3.63) is 35.6 Å². The van der Waals surface area contributed by atoms with Crippen LogP contribution >= 0.6 is 0 Å². The van der Waals surface area contributed by atoms with Crippen LogP contribution in [-0.4, -0.2) is 42.2 Å². The van der Waals surface area contributed by atoms with Crippen LogP contribution in [0.5, 0.6) is 0 Å². The van der Waals surface area contributed by atoms with Gasteiger partial charge in [0, 0.05) is 25.3 Å². The van der Waals surface area contributed by atoms with E-state index < -0.39 is 0 Å². The number of hydrogen-bond donors (Lipinski definition) is 2. The average Bonchev–Trinajstić information content (AvgIpc) is 2.42. The lowest BCUT2D eigenvalue weighted by molar-refractivity contribution is -0.122. The van der Waals surface area contributed by atoms with Gasteiger partial charge in [-0.2, -0.15) is 0 Å². The summed E-state index contributed by atoms with van der Waals surface area (Å²) in [6.45, 7) is 3.97. The number of halogens is 1. The molecule has 1 aromatic rings. The van der Waals surface area contributed by atoms with Gasteiger partial charge in [-0.1, -0.05) is 25.1 Å². The van der Waals surface area contributed by atoms with Gasteiger partial charge in [-0.05, 0) is 19.0 Å². The molecule has 1 aromatic carbocycles. The number of benzene rings is 1. The van der Waals surface area contributed by atoms with Crippen molar-refractivity contribution in [3.8, 4) is 0 Å². The van der Waals surface area contributed by atoms with E-state index in [-0.39, 0.29) is 31.4 Å². The Morgan fingerprint density at radius 3 is 2.79 bits per heavy atom. The van der Waals surface area contributed by atoms with Gasteiger partial charge in [0.1, 0.15) is 5.82 Å². The van der Waals surface area contributed by atoms with Gasteiger partial charge in [0.2, 0.25) is 5.91 Å². The maximum Gasteiger partial charge on any atom is 0.234 e. The fraction of sp³-hybridized carbons (Fsp3) is 0.500. The third kappa shape index (κ3) is 5.81. The zero-order valence-electron chi connectivity index (χ0n) is 11.2. The molecule has 0 aliphatic rings. The first-order chi connectivity index (χ1) is 9.17. The Hall–Kier alpha value is -1.46. The Kier molecular flexibility index (Phi) is 7.07. The fourth-order valence-corrected chi connectivity index (χ4v) is 1.74. The van der Waals surface area contributed by atoms with Crippen molar-refractivity contribution >= 4 is 5.91 Å². The molecule has 0 bridgehead atoms.